The van der Waals surface area contributed by atoms with Crippen molar-refractivity contribution in [2.75, 3.05) is 26.9 Å². The molecule has 11 heavy (non-hydrogen) atoms. The Morgan fingerprint density at radius 2 is 2.55 bits per heavy atom. The van der Waals surface area contributed by atoms with Crippen LogP contribution >= 0.6 is 0 Å². The molecule has 0 unspecified atom stereocenters. The Balaban J connectivity index is 2.28. The second-order valence-corrected chi connectivity index (χ2v) is 2.57. The first-order chi connectivity index (χ1) is 5.33. The van der Waals surface area contributed by atoms with E-state index in [1.54, 1.807) is 11.1 Å². The molecule has 3 nitrogen and oxygen atoms in total. The zero-order valence-corrected chi connectivity index (χ0v) is 6.86. The second-order valence-electron chi connectivity index (χ2n) is 2.57. The Kier molecular flexibility index (Phi) is 3.14. The van der Waals surface area contributed by atoms with Crippen molar-refractivity contribution in [1.82, 2.24) is 9.96 Å². The molecule has 1 aliphatic rings. The van der Waals surface area contributed by atoms with Crippen LogP contribution in [0.4, 0.5) is 0 Å². The van der Waals surface area contributed by atoms with Gasteiger partial charge in [-0.1, -0.05) is 12.2 Å². The number of nitrogens with zero attached hydrogens (tertiary/aromatic N) is 2. The van der Waals surface area contributed by atoms with E-state index in [1.807, 2.05) is 13.2 Å². The first kappa shape index (κ1) is 8.30. The average molecular weight is 154 g/mol. The minimum absolute atomic E-state index is 0.568. The molecule has 0 amide bonds. The maximum absolute atomic E-state index is 5.29. The van der Waals surface area contributed by atoms with Crippen molar-refractivity contribution in [1.29, 1.82) is 0 Å². The van der Waals surface area contributed by atoms with Crippen LogP contribution in [-0.4, -0.2) is 36.8 Å². The van der Waals surface area contributed by atoms with Crippen LogP contribution in [0.5, 0.6) is 0 Å². The number of rotatable bonds is 3. The maximum Gasteiger partial charge on any atom is 0.0969 e. The van der Waals surface area contributed by atoms with Crippen LogP contribution in [0.25, 0.3) is 0 Å². The van der Waals surface area contributed by atoms with Crippen molar-refractivity contribution in [3.8, 4) is 0 Å². The van der Waals surface area contributed by atoms with Crippen LogP contribution in [-0.2, 0) is 4.84 Å². The smallest absolute Gasteiger partial charge is 0.0969 e. The van der Waals surface area contributed by atoms with Crippen LogP contribution in [0.3, 0.4) is 0 Å². The molecule has 0 bridgehead atoms. The molecule has 0 aromatic carbocycles. The first-order valence-corrected chi connectivity index (χ1v) is 3.68. The van der Waals surface area contributed by atoms with E-state index in [2.05, 4.69) is 17.6 Å². The first-order valence-electron chi connectivity index (χ1n) is 3.68. The Hall–Kier alpha value is -0.800. The van der Waals surface area contributed by atoms with Gasteiger partial charge in [0, 0.05) is 12.7 Å². The van der Waals surface area contributed by atoms with Gasteiger partial charge in [0.05, 0.1) is 13.3 Å². The lowest BCUT2D eigenvalue weighted by molar-refractivity contribution is -0.136. The van der Waals surface area contributed by atoms with Gasteiger partial charge in [-0.25, -0.2) is 5.06 Å². The highest BCUT2D eigenvalue weighted by atomic mass is 16.7. The third-order valence-corrected chi connectivity index (χ3v) is 1.43. The number of likely N-dealkylation sites (N-methyl/N-ethyl adjacent to an activating group) is 1. The van der Waals surface area contributed by atoms with Crippen LogP contribution < -0.4 is 0 Å². The van der Waals surface area contributed by atoms with E-state index in [0.717, 1.165) is 13.2 Å². The number of hydrogen-bond donors (Lipinski definition) is 0. The minimum Gasteiger partial charge on any atom is -0.283 e. The third-order valence-electron chi connectivity index (χ3n) is 1.43. The quantitative estimate of drug-likeness (QED) is 0.560. The minimum atomic E-state index is 0.568. The predicted molar refractivity (Wildman–Crippen MR) is 44.6 cm³/mol. The molecule has 0 spiro atoms. The van der Waals surface area contributed by atoms with Gasteiger partial charge in [0.2, 0.25) is 0 Å². The van der Waals surface area contributed by atoms with Crippen molar-refractivity contribution < 1.29 is 4.84 Å². The van der Waals surface area contributed by atoms with E-state index in [-0.39, 0.29) is 0 Å². The molecule has 1 heterocycles. The van der Waals surface area contributed by atoms with Crippen molar-refractivity contribution in [2.24, 2.45) is 0 Å². The van der Waals surface area contributed by atoms with Gasteiger partial charge in [-0.15, -0.1) is 6.58 Å². The highest BCUT2D eigenvalue weighted by Gasteiger charge is 2.06. The molecule has 0 aliphatic carbocycles. The summed E-state index contributed by atoms with van der Waals surface area (Å²) in [4.78, 5) is 7.45. The summed E-state index contributed by atoms with van der Waals surface area (Å²) in [5.41, 5.74) is 0. The topological polar surface area (TPSA) is 15.7 Å². The lowest BCUT2D eigenvalue weighted by atomic mass is 10.5. The highest BCUT2D eigenvalue weighted by Crippen LogP contribution is 2.00. The number of hydrogen-bond acceptors (Lipinski definition) is 3. The maximum atomic E-state index is 5.29. The van der Waals surface area contributed by atoms with Crippen molar-refractivity contribution in [3.05, 3.63) is 24.9 Å². The summed E-state index contributed by atoms with van der Waals surface area (Å²) in [5, 5.41) is 1.80. The molecule has 1 rings (SSSR count). The molecule has 3 heteroatoms. The van der Waals surface area contributed by atoms with Gasteiger partial charge in [-0.2, -0.15) is 0 Å². The summed E-state index contributed by atoms with van der Waals surface area (Å²) < 4.78 is 0. The van der Waals surface area contributed by atoms with Gasteiger partial charge in [0.25, 0.3) is 0 Å². The number of hydroxylamine groups is 2. The monoisotopic (exact) mass is 154 g/mol. The molecule has 0 saturated heterocycles. The third kappa shape index (κ3) is 2.74. The summed E-state index contributed by atoms with van der Waals surface area (Å²) in [6, 6.07) is 0. The fourth-order valence-electron chi connectivity index (χ4n) is 0.920. The van der Waals surface area contributed by atoms with Crippen LogP contribution in [0.1, 0.15) is 0 Å². The van der Waals surface area contributed by atoms with Crippen LogP contribution in [0.2, 0.25) is 0 Å². The normalized spacial score (nSPS) is 18.8. The van der Waals surface area contributed by atoms with E-state index < -0.39 is 0 Å². The Morgan fingerprint density at radius 3 is 3.18 bits per heavy atom. The molecule has 0 radical (unpaired) electrons. The Labute approximate surface area is 67.5 Å². The lowest BCUT2D eigenvalue weighted by Gasteiger charge is -2.28. The van der Waals surface area contributed by atoms with Gasteiger partial charge in [0.1, 0.15) is 0 Å². The van der Waals surface area contributed by atoms with Gasteiger partial charge in [-0.3, -0.25) is 9.74 Å². The SMILES string of the molecule is C=CCON1C=CCN(C)C1. The van der Waals surface area contributed by atoms with Crippen molar-refractivity contribution in [2.45, 2.75) is 0 Å². The van der Waals surface area contributed by atoms with E-state index in [1.165, 1.54) is 0 Å². The summed E-state index contributed by atoms with van der Waals surface area (Å²) in [6.07, 6.45) is 5.75. The van der Waals surface area contributed by atoms with Gasteiger partial charge < -0.3 is 0 Å². The molecular formula is C8H14N2O. The summed E-state index contributed by atoms with van der Waals surface area (Å²) in [5.74, 6) is 0. The molecule has 0 atom stereocenters. The highest BCUT2D eigenvalue weighted by molar-refractivity contribution is 4.86. The van der Waals surface area contributed by atoms with Crippen molar-refractivity contribution in [3.63, 3.8) is 0 Å². The molecule has 0 N–H and O–H groups in total. The zero-order chi connectivity index (χ0) is 8.10. The summed E-state index contributed by atoms with van der Waals surface area (Å²) in [7, 11) is 2.05. The van der Waals surface area contributed by atoms with E-state index in [4.69, 9.17) is 4.84 Å². The summed E-state index contributed by atoms with van der Waals surface area (Å²) >= 11 is 0. The molecule has 1 aliphatic heterocycles. The standard InChI is InChI=1S/C8H14N2O/c1-3-7-11-10-6-4-5-9(2)8-10/h3-4,6H,1,5,7-8H2,2H3. The average Bonchev–Trinajstić information content (AvgIpc) is 2.01. The molecular weight excluding hydrogens is 140 g/mol. The van der Waals surface area contributed by atoms with E-state index in [0.29, 0.717) is 6.61 Å². The van der Waals surface area contributed by atoms with Crippen LogP contribution in [0.15, 0.2) is 24.9 Å². The molecule has 0 aromatic rings. The van der Waals surface area contributed by atoms with Gasteiger partial charge >= 0.3 is 0 Å². The molecule has 0 fully saturated rings. The van der Waals surface area contributed by atoms with Gasteiger partial charge in [-0.05, 0) is 7.05 Å². The summed E-state index contributed by atoms with van der Waals surface area (Å²) in [6.45, 7) is 5.96. The predicted octanol–water partition coefficient (Wildman–Crippen LogP) is 0.823. The van der Waals surface area contributed by atoms with E-state index in [9.17, 15) is 0 Å². The second kappa shape index (κ2) is 4.16. The van der Waals surface area contributed by atoms with Gasteiger partial charge in [0.15, 0.2) is 0 Å². The molecule has 0 saturated carbocycles. The molecule has 0 aromatic heterocycles. The fourth-order valence-corrected chi connectivity index (χ4v) is 0.920. The lowest BCUT2D eigenvalue weighted by Crippen LogP contribution is -2.35. The van der Waals surface area contributed by atoms with E-state index >= 15 is 0 Å². The Bertz CT molecular complexity index is 156. The zero-order valence-electron chi connectivity index (χ0n) is 6.86. The Morgan fingerprint density at radius 1 is 1.73 bits per heavy atom. The van der Waals surface area contributed by atoms with Crippen LogP contribution in [0, 0.1) is 0 Å². The molecule has 62 valence electrons. The largest absolute Gasteiger partial charge is 0.283 e. The fraction of sp³-hybridized carbons (Fsp3) is 0.500. The van der Waals surface area contributed by atoms with Crippen molar-refractivity contribution >= 4 is 0 Å².